The van der Waals surface area contributed by atoms with Crippen LogP contribution in [0.1, 0.15) is 29.6 Å². The van der Waals surface area contributed by atoms with Gasteiger partial charge in [-0.1, -0.05) is 30.3 Å². The molecule has 1 amide bonds. The SMILES string of the molecule is COc1cccc(C2CC2C(=O)NCC(O)c2ccccc2F)c1. The maximum absolute atomic E-state index is 13.6. The predicted molar refractivity (Wildman–Crippen MR) is 88.2 cm³/mol. The van der Waals surface area contributed by atoms with Crippen LogP contribution in [0.3, 0.4) is 0 Å². The van der Waals surface area contributed by atoms with Gasteiger partial charge in [0.05, 0.1) is 13.2 Å². The second-order valence-electron chi connectivity index (χ2n) is 6.01. The number of carbonyl (C=O) groups excluding carboxylic acids is 1. The molecule has 3 rings (SSSR count). The number of ether oxygens (including phenoxy) is 1. The molecule has 0 heterocycles. The van der Waals surface area contributed by atoms with Crippen LogP contribution >= 0.6 is 0 Å². The molecule has 1 fully saturated rings. The Hall–Kier alpha value is -2.40. The Kier molecular flexibility index (Phi) is 4.81. The first-order valence-corrected chi connectivity index (χ1v) is 7.94. The van der Waals surface area contributed by atoms with Crippen molar-refractivity contribution in [3.63, 3.8) is 0 Å². The summed E-state index contributed by atoms with van der Waals surface area (Å²) in [7, 11) is 1.61. The zero-order valence-electron chi connectivity index (χ0n) is 13.4. The third kappa shape index (κ3) is 3.57. The highest BCUT2D eigenvalue weighted by Gasteiger charge is 2.44. The summed E-state index contributed by atoms with van der Waals surface area (Å²) in [6, 6.07) is 13.7. The number of halogens is 1. The highest BCUT2D eigenvalue weighted by molar-refractivity contribution is 5.83. The van der Waals surface area contributed by atoms with Gasteiger partial charge in [0.25, 0.3) is 0 Å². The maximum Gasteiger partial charge on any atom is 0.223 e. The lowest BCUT2D eigenvalue weighted by Crippen LogP contribution is -2.30. The van der Waals surface area contributed by atoms with Crippen LogP contribution in [-0.4, -0.2) is 24.7 Å². The number of aliphatic hydroxyl groups is 1. The number of hydrogen-bond acceptors (Lipinski definition) is 3. The number of amides is 1. The monoisotopic (exact) mass is 329 g/mol. The lowest BCUT2D eigenvalue weighted by atomic mass is 10.1. The Bertz CT molecular complexity index is 734. The van der Waals surface area contributed by atoms with Gasteiger partial charge >= 0.3 is 0 Å². The molecule has 1 saturated carbocycles. The fourth-order valence-electron chi connectivity index (χ4n) is 2.91. The van der Waals surface area contributed by atoms with Crippen LogP contribution in [0, 0.1) is 11.7 Å². The van der Waals surface area contributed by atoms with Crippen molar-refractivity contribution in [2.24, 2.45) is 5.92 Å². The normalized spacial score (nSPS) is 20.3. The van der Waals surface area contributed by atoms with Gasteiger partial charge in [0.1, 0.15) is 11.6 Å². The number of methoxy groups -OCH3 is 1. The molecule has 3 unspecified atom stereocenters. The molecule has 0 spiro atoms. The molecule has 1 aliphatic carbocycles. The first-order chi connectivity index (χ1) is 11.6. The van der Waals surface area contributed by atoms with Gasteiger partial charge in [0.15, 0.2) is 0 Å². The van der Waals surface area contributed by atoms with Crippen LogP contribution in [0.5, 0.6) is 5.75 Å². The molecular formula is C19H20FNO3. The van der Waals surface area contributed by atoms with E-state index in [4.69, 9.17) is 4.74 Å². The van der Waals surface area contributed by atoms with Crippen molar-refractivity contribution in [1.82, 2.24) is 5.32 Å². The zero-order chi connectivity index (χ0) is 17.1. The highest BCUT2D eigenvalue weighted by Crippen LogP contribution is 2.48. The zero-order valence-corrected chi connectivity index (χ0v) is 13.4. The molecule has 4 nitrogen and oxygen atoms in total. The largest absolute Gasteiger partial charge is 0.497 e. The van der Waals surface area contributed by atoms with Gasteiger partial charge in [-0.05, 0) is 36.1 Å². The summed E-state index contributed by atoms with van der Waals surface area (Å²) in [4.78, 5) is 12.2. The van der Waals surface area contributed by atoms with Gasteiger partial charge in [0.2, 0.25) is 5.91 Å². The number of carbonyl (C=O) groups is 1. The Morgan fingerprint density at radius 2 is 2.12 bits per heavy atom. The summed E-state index contributed by atoms with van der Waals surface area (Å²) in [5, 5.41) is 12.7. The molecule has 2 aromatic rings. The summed E-state index contributed by atoms with van der Waals surface area (Å²) in [5.74, 6) is 0.252. The first-order valence-electron chi connectivity index (χ1n) is 7.94. The molecule has 2 N–H and O–H groups in total. The molecule has 0 aliphatic heterocycles. The van der Waals surface area contributed by atoms with Gasteiger partial charge in [-0.25, -0.2) is 4.39 Å². The minimum atomic E-state index is -1.05. The summed E-state index contributed by atoms with van der Waals surface area (Å²) < 4.78 is 18.8. The van der Waals surface area contributed by atoms with Crippen LogP contribution < -0.4 is 10.1 Å². The molecule has 0 aromatic heterocycles. The van der Waals surface area contributed by atoms with Crippen LogP contribution in [0.2, 0.25) is 0 Å². The molecule has 0 radical (unpaired) electrons. The van der Waals surface area contributed by atoms with E-state index in [2.05, 4.69) is 5.32 Å². The van der Waals surface area contributed by atoms with Gasteiger partial charge in [0, 0.05) is 18.0 Å². The molecule has 3 atom stereocenters. The number of rotatable bonds is 6. The van der Waals surface area contributed by atoms with Crippen LogP contribution in [0.4, 0.5) is 4.39 Å². The second kappa shape index (κ2) is 7.01. The van der Waals surface area contributed by atoms with Crippen LogP contribution in [0.15, 0.2) is 48.5 Å². The lowest BCUT2D eigenvalue weighted by molar-refractivity contribution is -0.122. The van der Waals surface area contributed by atoms with E-state index < -0.39 is 11.9 Å². The van der Waals surface area contributed by atoms with Crippen molar-refractivity contribution in [1.29, 1.82) is 0 Å². The third-order valence-corrected chi connectivity index (χ3v) is 4.38. The fraction of sp³-hybridized carbons (Fsp3) is 0.316. The molecule has 5 heteroatoms. The van der Waals surface area contributed by atoms with Gasteiger partial charge < -0.3 is 15.2 Å². The molecule has 24 heavy (non-hydrogen) atoms. The van der Waals surface area contributed by atoms with Gasteiger partial charge in [-0.3, -0.25) is 4.79 Å². The molecule has 1 aliphatic rings. The average Bonchev–Trinajstić information content (AvgIpc) is 3.40. The van der Waals surface area contributed by atoms with Crippen LogP contribution in [-0.2, 0) is 4.79 Å². The summed E-state index contributed by atoms with van der Waals surface area (Å²) in [6.07, 6.45) is -0.279. The standard InChI is InChI=1S/C19H20FNO3/c1-24-13-6-4-5-12(9-13)15-10-16(15)19(23)21-11-18(22)14-7-2-3-8-17(14)20/h2-9,15-16,18,22H,10-11H2,1H3,(H,21,23). The van der Waals surface area contributed by atoms with E-state index in [1.165, 1.54) is 12.1 Å². The van der Waals surface area contributed by atoms with E-state index in [-0.39, 0.29) is 29.9 Å². The van der Waals surface area contributed by atoms with Crippen LogP contribution in [0.25, 0.3) is 0 Å². The van der Waals surface area contributed by atoms with E-state index in [0.717, 1.165) is 17.7 Å². The van der Waals surface area contributed by atoms with E-state index in [1.54, 1.807) is 19.2 Å². The van der Waals surface area contributed by atoms with Gasteiger partial charge in [-0.2, -0.15) is 0 Å². The van der Waals surface area contributed by atoms with Crippen molar-refractivity contribution in [2.45, 2.75) is 18.4 Å². The Labute approximate surface area is 140 Å². The topological polar surface area (TPSA) is 58.6 Å². The minimum Gasteiger partial charge on any atom is -0.497 e. The van der Waals surface area contributed by atoms with E-state index in [0.29, 0.717) is 0 Å². The molecule has 126 valence electrons. The Morgan fingerprint density at radius 1 is 1.33 bits per heavy atom. The highest BCUT2D eigenvalue weighted by atomic mass is 19.1. The lowest BCUT2D eigenvalue weighted by Gasteiger charge is -2.13. The molecule has 0 bridgehead atoms. The smallest absolute Gasteiger partial charge is 0.223 e. The van der Waals surface area contributed by atoms with Crippen molar-refractivity contribution in [2.75, 3.05) is 13.7 Å². The Morgan fingerprint density at radius 3 is 2.88 bits per heavy atom. The quantitative estimate of drug-likeness (QED) is 0.857. The van der Waals surface area contributed by atoms with Gasteiger partial charge in [-0.15, -0.1) is 0 Å². The van der Waals surface area contributed by atoms with Crippen molar-refractivity contribution in [3.8, 4) is 5.75 Å². The molecular weight excluding hydrogens is 309 g/mol. The first kappa shape index (κ1) is 16.5. The average molecular weight is 329 g/mol. The number of hydrogen-bond donors (Lipinski definition) is 2. The fourth-order valence-corrected chi connectivity index (χ4v) is 2.91. The van der Waals surface area contributed by atoms with E-state index >= 15 is 0 Å². The maximum atomic E-state index is 13.6. The number of aliphatic hydroxyl groups excluding tert-OH is 1. The summed E-state index contributed by atoms with van der Waals surface area (Å²) in [6.45, 7) is 0.00109. The van der Waals surface area contributed by atoms with Crippen molar-refractivity contribution >= 4 is 5.91 Å². The molecule has 0 saturated heterocycles. The van der Waals surface area contributed by atoms with E-state index in [9.17, 15) is 14.3 Å². The summed E-state index contributed by atoms with van der Waals surface area (Å²) >= 11 is 0. The second-order valence-corrected chi connectivity index (χ2v) is 6.01. The summed E-state index contributed by atoms with van der Waals surface area (Å²) in [5.41, 5.74) is 1.27. The Balaban J connectivity index is 1.54. The van der Waals surface area contributed by atoms with Crippen molar-refractivity contribution < 1.29 is 19.0 Å². The third-order valence-electron chi connectivity index (χ3n) is 4.38. The predicted octanol–water partition coefficient (Wildman–Crippen LogP) is 2.79. The van der Waals surface area contributed by atoms with Crippen molar-refractivity contribution in [3.05, 3.63) is 65.5 Å². The van der Waals surface area contributed by atoms with E-state index in [1.807, 2.05) is 24.3 Å². The number of benzene rings is 2. The number of nitrogens with one attached hydrogen (secondary N) is 1. The minimum absolute atomic E-state index is 0.00109. The molecule has 2 aromatic carbocycles.